The lowest BCUT2D eigenvalue weighted by Crippen LogP contribution is -2.29. The molecule has 1 amide bonds. The van der Waals surface area contributed by atoms with E-state index in [1.165, 1.54) is 18.2 Å². The normalized spacial score (nSPS) is 13.6. The van der Waals surface area contributed by atoms with E-state index in [1.807, 2.05) is 6.92 Å². The Hall–Kier alpha value is -2.80. The number of rotatable bonds is 4. The summed E-state index contributed by atoms with van der Waals surface area (Å²) in [4.78, 5) is 12.1. The Morgan fingerprint density at radius 1 is 1.04 bits per heavy atom. The molecule has 1 N–H and O–H groups in total. The van der Waals surface area contributed by atoms with Gasteiger partial charge < -0.3 is 9.47 Å². The molecule has 3 rings (SSSR count). The van der Waals surface area contributed by atoms with E-state index < -0.39 is 15.9 Å². The number of hydrogen-bond acceptors (Lipinski definition) is 5. The van der Waals surface area contributed by atoms with Gasteiger partial charge in [0, 0.05) is 6.08 Å². The lowest BCUT2D eigenvalue weighted by atomic mass is 10.2. The van der Waals surface area contributed by atoms with E-state index in [9.17, 15) is 13.2 Å². The summed E-state index contributed by atoms with van der Waals surface area (Å²) >= 11 is 0. The summed E-state index contributed by atoms with van der Waals surface area (Å²) in [5, 5.41) is 0. The molecule has 0 saturated heterocycles. The van der Waals surface area contributed by atoms with Crippen LogP contribution in [0.5, 0.6) is 11.5 Å². The number of carbonyl (C=O) groups excluding carboxylic acids is 1. The van der Waals surface area contributed by atoms with Gasteiger partial charge in [-0.2, -0.15) is 0 Å². The molecular formula is C19H19NO5S. The zero-order valence-electron chi connectivity index (χ0n) is 14.5. The lowest BCUT2D eigenvalue weighted by molar-refractivity contribution is -0.114. The molecule has 7 heteroatoms. The van der Waals surface area contributed by atoms with Gasteiger partial charge in [0.2, 0.25) is 0 Å². The van der Waals surface area contributed by atoms with E-state index in [4.69, 9.17) is 9.47 Å². The first-order valence-electron chi connectivity index (χ1n) is 8.07. The maximum Gasteiger partial charge on any atom is 0.264 e. The monoisotopic (exact) mass is 373 g/mol. The number of fused-ring (bicyclic) bond motifs is 1. The van der Waals surface area contributed by atoms with Crippen molar-refractivity contribution < 1.29 is 22.7 Å². The van der Waals surface area contributed by atoms with Crippen LogP contribution in [0.2, 0.25) is 0 Å². The quantitative estimate of drug-likeness (QED) is 0.833. The summed E-state index contributed by atoms with van der Waals surface area (Å²) < 4.78 is 37.7. The molecule has 1 heterocycles. The highest BCUT2D eigenvalue weighted by atomic mass is 32.2. The summed E-state index contributed by atoms with van der Waals surface area (Å²) in [6.07, 6.45) is 2.69. The van der Waals surface area contributed by atoms with Gasteiger partial charge in [0.15, 0.2) is 11.5 Å². The fraction of sp³-hybridized carbons (Fsp3) is 0.211. The Labute approximate surface area is 152 Å². The van der Waals surface area contributed by atoms with Gasteiger partial charge in [-0.25, -0.2) is 13.1 Å². The second-order valence-electron chi connectivity index (χ2n) is 5.98. The number of hydrogen-bond donors (Lipinski definition) is 1. The van der Waals surface area contributed by atoms with Crippen LogP contribution in [0.3, 0.4) is 0 Å². The van der Waals surface area contributed by atoms with Crippen molar-refractivity contribution in [3.05, 3.63) is 59.2 Å². The summed E-state index contributed by atoms with van der Waals surface area (Å²) in [5.74, 6) is 0.525. The number of amides is 1. The van der Waals surface area contributed by atoms with Crippen LogP contribution in [0.4, 0.5) is 0 Å². The van der Waals surface area contributed by atoms with Crippen LogP contribution in [-0.4, -0.2) is 27.5 Å². The van der Waals surface area contributed by atoms with Crippen molar-refractivity contribution in [3.8, 4) is 11.5 Å². The smallest absolute Gasteiger partial charge is 0.264 e. The SMILES string of the molecule is Cc1ccc(S(=O)(=O)NC(=O)/C=C/c2ccc3c(c2)OCCO3)c(C)c1. The Kier molecular flexibility index (Phi) is 4.99. The van der Waals surface area contributed by atoms with Crippen molar-refractivity contribution in [3.63, 3.8) is 0 Å². The molecule has 0 aliphatic carbocycles. The number of sulfonamides is 1. The summed E-state index contributed by atoms with van der Waals surface area (Å²) in [5.41, 5.74) is 2.24. The van der Waals surface area contributed by atoms with Crippen molar-refractivity contribution in [2.45, 2.75) is 18.7 Å². The molecule has 0 unspecified atom stereocenters. The Balaban J connectivity index is 1.72. The van der Waals surface area contributed by atoms with Crippen molar-refractivity contribution in [2.24, 2.45) is 0 Å². The zero-order valence-corrected chi connectivity index (χ0v) is 15.3. The molecule has 0 aromatic heterocycles. The number of aryl methyl sites for hydroxylation is 2. The number of ether oxygens (including phenoxy) is 2. The van der Waals surface area contributed by atoms with Gasteiger partial charge >= 0.3 is 0 Å². The maximum absolute atomic E-state index is 12.4. The second kappa shape index (κ2) is 7.21. The van der Waals surface area contributed by atoms with Crippen molar-refractivity contribution in [1.82, 2.24) is 4.72 Å². The Morgan fingerprint density at radius 2 is 1.77 bits per heavy atom. The average molecular weight is 373 g/mol. The van der Waals surface area contributed by atoms with Crippen LogP contribution in [0.25, 0.3) is 6.08 Å². The second-order valence-corrected chi connectivity index (χ2v) is 7.63. The molecule has 0 fully saturated rings. The molecule has 26 heavy (non-hydrogen) atoms. The van der Waals surface area contributed by atoms with Crippen LogP contribution < -0.4 is 14.2 Å². The van der Waals surface area contributed by atoms with Crippen LogP contribution in [-0.2, 0) is 14.8 Å². The first-order valence-corrected chi connectivity index (χ1v) is 9.55. The molecule has 0 spiro atoms. The van der Waals surface area contributed by atoms with Gasteiger partial charge in [0.25, 0.3) is 15.9 Å². The molecule has 0 atom stereocenters. The highest BCUT2D eigenvalue weighted by Gasteiger charge is 2.18. The summed E-state index contributed by atoms with van der Waals surface area (Å²) in [6, 6.07) is 10.2. The summed E-state index contributed by atoms with van der Waals surface area (Å²) in [7, 11) is -3.92. The van der Waals surface area contributed by atoms with Crippen molar-refractivity contribution in [2.75, 3.05) is 13.2 Å². The van der Waals surface area contributed by atoms with E-state index in [0.717, 1.165) is 5.56 Å². The molecule has 2 aromatic rings. The third-order valence-corrected chi connectivity index (χ3v) is 5.36. The molecule has 6 nitrogen and oxygen atoms in total. The summed E-state index contributed by atoms with van der Waals surface area (Å²) in [6.45, 7) is 4.53. The Morgan fingerprint density at radius 3 is 2.50 bits per heavy atom. The Bertz CT molecular complexity index is 979. The van der Waals surface area contributed by atoms with Crippen molar-refractivity contribution in [1.29, 1.82) is 0 Å². The first-order chi connectivity index (χ1) is 12.3. The predicted octanol–water partition coefficient (Wildman–Crippen LogP) is 2.59. The van der Waals surface area contributed by atoms with Gasteiger partial charge in [-0.15, -0.1) is 0 Å². The number of carbonyl (C=O) groups is 1. The molecule has 0 bridgehead atoms. The van der Waals surface area contributed by atoms with E-state index >= 15 is 0 Å². The third-order valence-electron chi connectivity index (χ3n) is 3.85. The third kappa shape index (κ3) is 4.05. The molecule has 0 saturated carbocycles. The average Bonchev–Trinajstić information content (AvgIpc) is 2.59. The lowest BCUT2D eigenvalue weighted by Gasteiger charge is -2.18. The van der Waals surface area contributed by atoms with E-state index in [0.29, 0.717) is 35.8 Å². The van der Waals surface area contributed by atoms with E-state index in [1.54, 1.807) is 37.3 Å². The molecule has 2 aromatic carbocycles. The molecule has 0 radical (unpaired) electrons. The predicted molar refractivity (Wildman–Crippen MR) is 97.7 cm³/mol. The highest BCUT2D eigenvalue weighted by molar-refractivity contribution is 7.90. The minimum Gasteiger partial charge on any atom is -0.486 e. The van der Waals surface area contributed by atoms with Crippen LogP contribution in [0.15, 0.2) is 47.4 Å². The minimum atomic E-state index is -3.92. The van der Waals surface area contributed by atoms with Gasteiger partial charge in [0.1, 0.15) is 13.2 Å². The fourth-order valence-corrected chi connectivity index (χ4v) is 3.83. The molecular weight excluding hydrogens is 354 g/mol. The van der Waals surface area contributed by atoms with Gasteiger partial charge in [0.05, 0.1) is 4.90 Å². The van der Waals surface area contributed by atoms with Crippen molar-refractivity contribution >= 4 is 22.0 Å². The molecule has 136 valence electrons. The van der Waals surface area contributed by atoms with Gasteiger partial charge in [-0.1, -0.05) is 23.8 Å². The highest BCUT2D eigenvalue weighted by Crippen LogP contribution is 2.31. The maximum atomic E-state index is 12.4. The van der Waals surface area contributed by atoms with Crippen LogP contribution >= 0.6 is 0 Å². The molecule has 1 aliphatic heterocycles. The van der Waals surface area contributed by atoms with E-state index in [2.05, 4.69) is 4.72 Å². The van der Waals surface area contributed by atoms with Crippen LogP contribution in [0.1, 0.15) is 16.7 Å². The van der Waals surface area contributed by atoms with Gasteiger partial charge in [-0.05, 0) is 49.2 Å². The minimum absolute atomic E-state index is 0.0872. The molecule has 1 aliphatic rings. The first kappa shape index (κ1) is 18.0. The standard InChI is InChI=1S/C19H19NO5S/c1-13-3-7-18(14(2)11-13)26(22,23)20-19(21)8-5-15-4-6-16-17(12-15)25-10-9-24-16/h3-8,11-12H,9-10H2,1-2H3,(H,20,21)/b8-5+. The van der Waals surface area contributed by atoms with Gasteiger partial charge in [-0.3, -0.25) is 4.79 Å². The fourth-order valence-electron chi connectivity index (χ4n) is 2.66. The topological polar surface area (TPSA) is 81.7 Å². The largest absolute Gasteiger partial charge is 0.486 e. The zero-order chi connectivity index (χ0) is 18.7. The van der Waals surface area contributed by atoms with E-state index in [-0.39, 0.29) is 4.90 Å². The van der Waals surface area contributed by atoms with Crippen LogP contribution in [0, 0.1) is 13.8 Å². The number of nitrogens with one attached hydrogen (secondary N) is 1. The number of benzene rings is 2.